The molecular formula is C14H17BrSe2. The summed E-state index contributed by atoms with van der Waals surface area (Å²) in [6.45, 7) is 2.28. The zero-order valence-corrected chi connectivity index (χ0v) is 15.1. The van der Waals surface area contributed by atoms with Gasteiger partial charge < -0.3 is 0 Å². The molecule has 2 rings (SSSR count). The molecule has 0 aliphatic heterocycles. The summed E-state index contributed by atoms with van der Waals surface area (Å²) in [5.74, 6) is 0. The van der Waals surface area contributed by atoms with E-state index in [1.165, 1.54) is 35.5 Å². The number of rotatable bonds is 6. The Balaban J connectivity index is 1.92. The molecule has 2 aromatic rings. The van der Waals surface area contributed by atoms with Gasteiger partial charge in [0.15, 0.2) is 0 Å². The Labute approximate surface area is 124 Å². The molecule has 0 aliphatic carbocycles. The van der Waals surface area contributed by atoms with Crippen molar-refractivity contribution < 1.29 is 0 Å². The quantitative estimate of drug-likeness (QED) is 0.479. The van der Waals surface area contributed by atoms with Gasteiger partial charge in [0.1, 0.15) is 0 Å². The minimum absolute atomic E-state index is 0.541. The molecule has 0 spiro atoms. The Morgan fingerprint density at radius 2 is 1.71 bits per heavy atom. The van der Waals surface area contributed by atoms with Gasteiger partial charge in [-0.25, -0.2) is 0 Å². The molecule has 0 bridgehead atoms. The van der Waals surface area contributed by atoms with Gasteiger partial charge in [-0.1, -0.05) is 0 Å². The zero-order chi connectivity index (χ0) is 12.1. The third kappa shape index (κ3) is 4.26. The van der Waals surface area contributed by atoms with Crippen molar-refractivity contribution in [3.8, 4) is 8.87 Å². The first-order chi connectivity index (χ1) is 8.29. The van der Waals surface area contributed by atoms with E-state index in [1.807, 2.05) is 0 Å². The van der Waals surface area contributed by atoms with Gasteiger partial charge >= 0.3 is 125 Å². The second-order valence-electron chi connectivity index (χ2n) is 4.18. The van der Waals surface area contributed by atoms with Gasteiger partial charge in [-0.15, -0.1) is 0 Å². The Morgan fingerprint density at radius 3 is 2.41 bits per heavy atom. The third-order valence-electron chi connectivity index (χ3n) is 2.75. The number of hydrogen-bond donors (Lipinski definition) is 0. The van der Waals surface area contributed by atoms with Crippen LogP contribution >= 0.6 is 15.9 Å². The third-order valence-corrected chi connectivity index (χ3v) is 8.89. The van der Waals surface area contributed by atoms with Crippen LogP contribution in [0.5, 0.6) is 0 Å². The number of aryl methyl sites for hydroxylation is 1. The van der Waals surface area contributed by atoms with Crippen LogP contribution in [0.4, 0.5) is 0 Å². The van der Waals surface area contributed by atoms with Crippen LogP contribution in [0.2, 0.25) is 0 Å². The summed E-state index contributed by atoms with van der Waals surface area (Å²) in [4.78, 5) is 0. The van der Waals surface area contributed by atoms with Crippen molar-refractivity contribution in [2.75, 3.05) is 0 Å². The van der Waals surface area contributed by atoms with Crippen molar-refractivity contribution in [3.05, 3.63) is 32.0 Å². The van der Waals surface area contributed by atoms with E-state index in [9.17, 15) is 0 Å². The molecule has 3 heteroatoms. The van der Waals surface area contributed by atoms with Gasteiger partial charge in [0.05, 0.1) is 0 Å². The van der Waals surface area contributed by atoms with Crippen LogP contribution in [0.1, 0.15) is 37.0 Å². The maximum absolute atomic E-state index is 3.60. The van der Waals surface area contributed by atoms with Crippen molar-refractivity contribution in [2.45, 2.75) is 39.0 Å². The van der Waals surface area contributed by atoms with Gasteiger partial charge in [-0.05, 0) is 0 Å². The number of halogens is 1. The van der Waals surface area contributed by atoms with Crippen LogP contribution in [0.3, 0.4) is 0 Å². The fourth-order valence-electron chi connectivity index (χ4n) is 1.82. The predicted octanol–water partition coefficient (Wildman–Crippen LogP) is 4.35. The molecule has 0 amide bonds. The van der Waals surface area contributed by atoms with Gasteiger partial charge in [0, 0.05) is 0 Å². The molecule has 0 nitrogen and oxygen atoms in total. The predicted molar refractivity (Wildman–Crippen MR) is 81.3 cm³/mol. The van der Waals surface area contributed by atoms with Gasteiger partial charge in [0.2, 0.25) is 0 Å². The van der Waals surface area contributed by atoms with Crippen LogP contribution < -0.4 is 0 Å². The number of unbranched alkanes of at least 4 members (excludes halogenated alkanes) is 3. The normalized spacial score (nSPS) is 10.9. The average Bonchev–Trinajstić information content (AvgIpc) is 2.93. The van der Waals surface area contributed by atoms with Crippen LogP contribution in [-0.4, -0.2) is 29.0 Å². The van der Waals surface area contributed by atoms with E-state index in [1.54, 1.807) is 13.3 Å². The van der Waals surface area contributed by atoms with Crippen molar-refractivity contribution in [1.29, 1.82) is 0 Å². The second-order valence-corrected chi connectivity index (χ2v) is 10.9. The maximum atomic E-state index is 3.60. The van der Waals surface area contributed by atoms with Gasteiger partial charge in [0.25, 0.3) is 0 Å². The van der Waals surface area contributed by atoms with Crippen molar-refractivity contribution in [1.82, 2.24) is 0 Å². The first-order valence-corrected chi connectivity index (χ1v) is 10.4. The van der Waals surface area contributed by atoms with E-state index in [4.69, 9.17) is 0 Å². The SMILES string of the molecule is CCCCCCc1ccc(-c2ccc(Br)[se]2)[se]1. The molecule has 2 heterocycles. The van der Waals surface area contributed by atoms with Crippen molar-refractivity contribution >= 4 is 44.9 Å². The van der Waals surface area contributed by atoms with E-state index >= 15 is 0 Å². The molecule has 92 valence electrons. The monoisotopic (exact) mass is 424 g/mol. The fraction of sp³-hybridized carbons (Fsp3) is 0.429. The molecule has 0 N–H and O–H groups in total. The molecule has 2 aromatic heterocycles. The van der Waals surface area contributed by atoms with E-state index < -0.39 is 0 Å². The molecular weight excluding hydrogens is 406 g/mol. The van der Waals surface area contributed by atoms with Gasteiger partial charge in [-0.3, -0.25) is 0 Å². The topological polar surface area (TPSA) is 0 Å². The molecule has 0 aliphatic rings. The Morgan fingerprint density at radius 1 is 0.941 bits per heavy atom. The van der Waals surface area contributed by atoms with Crippen molar-refractivity contribution in [2.24, 2.45) is 0 Å². The molecule has 0 aromatic carbocycles. The van der Waals surface area contributed by atoms with Crippen LogP contribution in [0.25, 0.3) is 8.87 Å². The van der Waals surface area contributed by atoms with E-state index in [-0.39, 0.29) is 0 Å². The summed E-state index contributed by atoms with van der Waals surface area (Å²) < 4.78 is 6.29. The van der Waals surface area contributed by atoms with Crippen molar-refractivity contribution in [3.63, 3.8) is 0 Å². The summed E-state index contributed by atoms with van der Waals surface area (Å²) in [6, 6.07) is 9.25. The standard InChI is InChI=1S/C14H17BrSe2/c1-2-3-4-5-6-11-7-8-12(16-11)13-9-10-14(15)17-13/h7-10H,2-6H2,1H3. The molecule has 0 fully saturated rings. The summed E-state index contributed by atoms with van der Waals surface area (Å²) in [6.07, 6.45) is 6.84. The number of hydrogen-bond acceptors (Lipinski definition) is 0. The Kier molecular flexibility index (Phi) is 5.86. The van der Waals surface area contributed by atoms with Crippen LogP contribution in [0.15, 0.2) is 27.6 Å². The molecule has 0 atom stereocenters. The van der Waals surface area contributed by atoms with E-state index in [2.05, 4.69) is 47.1 Å². The Bertz CT molecular complexity index is 456. The summed E-state index contributed by atoms with van der Waals surface area (Å²) in [7, 11) is 0. The molecule has 0 saturated carbocycles. The van der Waals surface area contributed by atoms with Gasteiger partial charge in [-0.2, -0.15) is 0 Å². The zero-order valence-electron chi connectivity index (χ0n) is 10.0. The Hall–Kier alpha value is 0.479. The first-order valence-electron chi connectivity index (χ1n) is 6.14. The molecule has 0 unspecified atom stereocenters. The minimum atomic E-state index is 0.541. The first kappa shape index (κ1) is 13.9. The summed E-state index contributed by atoms with van der Waals surface area (Å²) in [5, 5.41) is 0. The summed E-state index contributed by atoms with van der Waals surface area (Å²) in [5.41, 5.74) is 0. The van der Waals surface area contributed by atoms with Crippen LogP contribution in [-0.2, 0) is 6.42 Å². The van der Waals surface area contributed by atoms with E-state index in [0.29, 0.717) is 29.0 Å². The molecule has 17 heavy (non-hydrogen) atoms. The summed E-state index contributed by atoms with van der Waals surface area (Å²) >= 11 is 4.76. The van der Waals surface area contributed by atoms with Crippen LogP contribution in [0, 0.1) is 0 Å². The molecule has 0 radical (unpaired) electrons. The average molecular weight is 423 g/mol. The second kappa shape index (κ2) is 7.16. The fourth-order valence-corrected chi connectivity index (χ4v) is 7.16. The van der Waals surface area contributed by atoms with E-state index in [0.717, 1.165) is 0 Å². The molecule has 0 saturated heterocycles.